The fraction of sp³-hybridized carbons (Fsp3) is 1.00. The van der Waals surface area contributed by atoms with Crippen LogP contribution in [0.25, 0.3) is 0 Å². The fourth-order valence-corrected chi connectivity index (χ4v) is 4.76. The Morgan fingerprint density at radius 1 is 0.429 bits per heavy atom. The van der Waals surface area contributed by atoms with Gasteiger partial charge in [0.2, 0.25) is 9.05 Å². The minimum absolute atomic E-state index is 0.133. The Balaban J connectivity index is 3.03. The molecule has 4 heteroatoms. The van der Waals surface area contributed by atoms with Crippen LogP contribution in [0.2, 0.25) is 0 Å². The zero-order valence-corrected chi connectivity index (χ0v) is 20.4. The maximum atomic E-state index is 10.8. The Bertz CT molecular complexity index is 395. The highest BCUT2D eigenvalue weighted by Gasteiger charge is 2.03. The van der Waals surface area contributed by atoms with E-state index in [0.29, 0.717) is 6.42 Å². The molecule has 0 spiro atoms. The SMILES string of the molecule is CCCCCCCCCCCCCCCCCCCCCCCCS(=O)(=O)Cl. The Labute approximate surface area is 182 Å². The highest BCUT2D eigenvalue weighted by Crippen LogP contribution is 2.15. The Hall–Kier alpha value is 0.240. The van der Waals surface area contributed by atoms with Gasteiger partial charge in [-0.05, 0) is 6.42 Å². The summed E-state index contributed by atoms with van der Waals surface area (Å²) < 4.78 is 21.6. The van der Waals surface area contributed by atoms with Crippen molar-refractivity contribution >= 4 is 19.7 Å². The van der Waals surface area contributed by atoms with Crippen molar-refractivity contribution in [1.29, 1.82) is 0 Å². The number of hydrogen-bond donors (Lipinski definition) is 0. The van der Waals surface area contributed by atoms with Crippen LogP contribution in [0.1, 0.15) is 148 Å². The van der Waals surface area contributed by atoms with Crippen molar-refractivity contribution in [1.82, 2.24) is 0 Å². The van der Waals surface area contributed by atoms with Gasteiger partial charge in [0.1, 0.15) is 0 Å². The smallest absolute Gasteiger partial charge is 0.212 e. The zero-order valence-electron chi connectivity index (χ0n) is 18.9. The van der Waals surface area contributed by atoms with Crippen LogP contribution in [0.4, 0.5) is 0 Å². The van der Waals surface area contributed by atoms with Crippen molar-refractivity contribution in [2.45, 2.75) is 148 Å². The van der Waals surface area contributed by atoms with Gasteiger partial charge in [-0.15, -0.1) is 0 Å². The third-order valence-corrected chi connectivity index (χ3v) is 6.98. The molecule has 28 heavy (non-hydrogen) atoms. The van der Waals surface area contributed by atoms with Gasteiger partial charge < -0.3 is 0 Å². The van der Waals surface area contributed by atoms with E-state index in [4.69, 9.17) is 10.7 Å². The van der Waals surface area contributed by atoms with Crippen LogP contribution in [-0.4, -0.2) is 14.2 Å². The molecule has 2 nitrogen and oxygen atoms in total. The molecule has 0 atom stereocenters. The predicted octanol–water partition coefficient (Wildman–Crippen LogP) is 9.16. The molecule has 0 aromatic rings. The van der Waals surface area contributed by atoms with Gasteiger partial charge in [-0.2, -0.15) is 0 Å². The molecule has 0 radical (unpaired) electrons. The first kappa shape index (κ1) is 28.2. The standard InChI is InChI=1S/C24H49ClO2S/c1-2-3-4-5-6-7-8-9-10-11-12-13-14-15-16-17-18-19-20-21-22-23-24-28(25,26)27/h2-24H2,1H3. The summed E-state index contributed by atoms with van der Waals surface area (Å²) in [4.78, 5) is 0. The molecule has 0 rings (SSSR count). The molecule has 0 N–H and O–H groups in total. The first-order valence-corrected chi connectivity index (χ1v) is 15.0. The van der Waals surface area contributed by atoms with Crippen LogP contribution < -0.4 is 0 Å². The highest BCUT2D eigenvalue weighted by molar-refractivity contribution is 8.13. The van der Waals surface area contributed by atoms with E-state index in [1.807, 2.05) is 0 Å². The van der Waals surface area contributed by atoms with Gasteiger partial charge >= 0.3 is 0 Å². The number of rotatable bonds is 23. The van der Waals surface area contributed by atoms with E-state index in [0.717, 1.165) is 12.8 Å². The fourth-order valence-electron chi connectivity index (χ4n) is 3.88. The summed E-state index contributed by atoms with van der Waals surface area (Å²) in [6, 6.07) is 0. The van der Waals surface area contributed by atoms with Crippen LogP contribution >= 0.6 is 10.7 Å². The summed E-state index contributed by atoms with van der Waals surface area (Å²) in [6.07, 6.45) is 29.6. The van der Waals surface area contributed by atoms with Crippen molar-refractivity contribution in [2.75, 3.05) is 5.75 Å². The lowest BCUT2D eigenvalue weighted by atomic mass is 10.0. The molecule has 0 saturated heterocycles. The van der Waals surface area contributed by atoms with Crippen LogP contribution in [-0.2, 0) is 9.05 Å². The van der Waals surface area contributed by atoms with Crippen LogP contribution in [0.5, 0.6) is 0 Å². The summed E-state index contributed by atoms with van der Waals surface area (Å²) in [7, 11) is 1.92. The summed E-state index contributed by atoms with van der Waals surface area (Å²) in [6.45, 7) is 2.29. The molecule has 0 amide bonds. The highest BCUT2D eigenvalue weighted by atomic mass is 35.7. The van der Waals surface area contributed by atoms with Gasteiger partial charge in [-0.25, -0.2) is 8.42 Å². The van der Waals surface area contributed by atoms with E-state index in [-0.39, 0.29) is 5.75 Å². The van der Waals surface area contributed by atoms with E-state index in [9.17, 15) is 8.42 Å². The van der Waals surface area contributed by atoms with Crippen molar-refractivity contribution in [3.8, 4) is 0 Å². The molecule has 0 heterocycles. The van der Waals surface area contributed by atoms with Gasteiger partial charge in [0.15, 0.2) is 0 Å². The molecule has 0 saturated carbocycles. The predicted molar refractivity (Wildman–Crippen MR) is 127 cm³/mol. The first-order chi connectivity index (χ1) is 13.6. The molecule has 0 aromatic heterocycles. The molecule has 0 fully saturated rings. The van der Waals surface area contributed by atoms with Gasteiger partial charge in [0, 0.05) is 10.7 Å². The zero-order chi connectivity index (χ0) is 20.8. The van der Waals surface area contributed by atoms with Crippen molar-refractivity contribution in [3.05, 3.63) is 0 Å². The van der Waals surface area contributed by atoms with Crippen molar-refractivity contribution in [3.63, 3.8) is 0 Å². The van der Waals surface area contributed by atoms with Gasteiger partial charge in [0.25, 0.3) is 0 Å². The minimum atomic E-state index is -3.28. The number of hydrogen-bond acceptors (Lipinski definition) is 2. The quantitative estimate of drug-likeness (QED) is 0.118. The normalized spacial score (nSPS) is 11.9. The second-order valence-corrected chi connectivity index (χ2v) is 11.6. The minimum Gasteiger partial charge on any atom is -0.212 e. The average molecular weight is 437 g/mol. The largest absolute Gasteiger partial charge is 0.232 e. The molecule has 0 aliphatic heterocycles. The molecule has 0 unspecified atom stereocenters. The van der Waals surface area contributed by atoms with Gasteiger partial charge in [-0.1, -0.05) is 142 Å². The van der Waals surface area contributed by atoms with Crippen molar-refractivity contribution in [2.24, 2.45) is 0 Å². The summed E-state index contributed by atoms with van der Waals surface area (Å²) in [5.74, 6) is 0.133. The van der Waals surface area contributed by atoms with Crippen LogP contribution in [0, 0.1) is 0 Å². The molecule has 170 valence electrons. The monoisotopic (exact) mass is 436 g/mol. The Morgan fingerprint density at radius 3 is 0.857 bits per heavy atom. The van der Waals surface area contributed by atoms with E-state index in [1.54, 1.807) is 0 Å². The van der Waals surface area contributed by atoms with E-state index < -0.39 is 9.05 Å². The maximum absolute atomic E-state index is 10.8. The van der Waals surface area contributed by atoms with E-state index in [2.05, 4.69) is 6.92 Å². The number of halogens is 1. The van der Waals surface area contributed by atoms with Gasteiger partial charge in [-0.3, -0.25) is 0 Å². The molecule has 0 bridgehead atoms. The van der Waals surface area contributed by atoms with Crippen LogP contribution in [0.15, 0.2) is 0 Å². The maximum Gasteiger partial charge on any atom is 0.232 e. The van der Waals surface area contributed by atoms with Crippen molar-refractivity contribution < 1.29 is 8.42 Å². The third kappa shape index (κ3) is 26.2. The third-order valence-electron chi connectivity index (χ3n) is 5.74. The molecule has 0 aliphatic rings. The van der Waals surface area contributed by atoms with E-state index >= 15 is 0 Å². The molecular formula is C24H49ClO2S. The lowest BCUT2D eigenvalue weighted by Gasteiger charge is -2.04. The topological polar surface area (TPSA) is 34.1 Å². The summed E-state index contributed by atoms with van der Waals surface area (Å²) >= 11 is 0. The molecular weight excluding hydrogens is 388 g/mol. The second-order valence-electron chi connectivity index (χ2n) is 8.67. The second kappa shape index (κ2) is 21.9. The first-order valence-electron chi connectivity index (χ1n) is 12.5. The van der Waals surface area contributed by atoms with Crippen LogP contribution in [0.3, 0.4) is 0 Å². The average Bonchev–Trinajstić information content (AvgIpc) is 2.65. The summed E-state index contributed by atoms with van der Waals surface area (Å²) in [5.41, 5.74) is 0. The lowest BCUT2D eigenvalue weighted by Crippen LogP contribution is -1.96. The molecule has 0 aromatic carbocycles. The Morgan fingerprint density at radius 2 is 0.643 bits per heavy atom. The van der Waals surface area contributed by atoms with Gasteiger partial charge in [0.05, 0.1) is 5.75 Å². The molecule has 0 aliphatic carbocycles. The Kier molecular flexibility index (Phi) is 22.1. The number of unbranched alkanes of at least 4 members (excludes halogenated alkanes) is 21. The van der Waals surface area contributed by atoms with E-state index in [1.165, 1.54) is 122 Å². The summed E-state index contributed by atoms with van der Waals surface area (Å²) in [5, 5.41) is 0. The lowest BCUT2D eigenvalue weighted by molar-refractivity contribution is 0.520.